The molecule has 3 N–H and O–H groups in total. The number of rotatable bonds is 1. The molecule has 0 unspecified atom stereocenters. The summed E-state index contributed by atoms with van der Waals surface area (Å²) in [5, 5.41) is 0.298. The van der Waals surface area contributed by atoms with Crippen molar-refractivity contribution < 1.29 is 13.0 Å². The van der Waals surface area contributed by atoms with E-state index in [9.17, 15) is 8.42 Å². The number of aryl methyl sites for hydroxylation is 1. The Morgan fingerprint density at radius 3 is 2.36 bits per heavy atom. The Hall–Kier alpha value is -0.780. The number of hydrogen-bond donors (Lipinski definition) is 2. The van der Waals surface area contributed by atoms with Crippen molar-refractivity contribution in [3.8, 4) is 0 Å². The van der Waals surface area contributed by atoms with Crippen molar-refractivity contribution in [2.24, 2.45) is 0 Å². The summed E-state index contributed by atoms with van der Waals surface area (Å²) < 4.78 is 30.8. The van der Waals surface area contributed by atoms with Crippen LogP contribution in [-0.4, -0.2) is 13.0 Å². The molecule has 0 saturated carbocycles. The largest absolute Gasteiger partial charge is 0.398 e. The Kier molecular flexibility index (Phi) is 2.76. The maximum absolute atomic E-state index is 11.0. The molecule has 0 bridgehead atoms. The second-order valence-electron chi connectivity index (χ2n) is 3.03. The first kappa shape index (κ1) is 11.3. The monoisotopic (exact) mass is 235 g/mol. The van der Waals surface area contributed by atoms with Crippen molar-refractivity contribution >= 4 is 27.4 Å². The van der Waals surface area contributed by atoms with Crippen molar-refractivity contribution in [3.05, 3.63) is 22.2 Å². The van der Waals surface area contributed by atoms with Gasteiger partial charge in [-0.05, 0) is 31.0 Å². The molecule has 78 valence electrons. The molecule has 4 nitrogen and oxygen atoms in total. The number of nitrogen functional groups attached to an aromatic ring is 1. The quantitative estimate of drug-likeness (QED) is 0.574. The maximum atomic E-state index is 11.0. The smallest absolute Gasteiger partial charge is 0.296 e. The van der Waals surface area contributed by atoms with Gasteiger partial charge in [-0.3, -0.25) is 4.55 Å². The second-order valence-corrected chi connectivity index (χ2v) is 4.76. The van der Waals surface area contributed by atoms with E-state index in [1.807, 2.05) is 0 Å². The lowest BCUT2D eigenvalue weighted by molar-refractivity contribution is 0.483. The Morgan fingerprint density at radius 2 is 1.93 bits per heavy atom. The minimum absolute atomic E-state index is 0.00639. The third kappa shape index (κ3) is 1.84. The first-order valence-electron chi connectivity index (χ1n) is 3.78. The predicted octanol–water partition coefficient (Wildman–Crippen LogP) is 1.79. The number of hydrogen-bond acceptors (Lipinski definition) is 3. The van der Waals surface area contributed by atoms with Crippen LogP contribution in [-0.2, 0) is 10.1 Å². The molecule has 0 amide bonds. The van der Waals surface area contributed by atoms with Crippen LogP contribution in [0.4, 0.5) is 5.69 Å². The summed E-state index contributed by atoms with van der Waals surface area (Å²) in [6.45, 7) is 3.20. The van der Waals surface area contributed by atoms with E-state index < -0.39 is 10.1 Å². The van der Waals surface area contributed by atoms with Crippen LogP contribution in [0, 0.1) is 13.8 Å². The molecule has 0 radical (unpaired) electrons. The molecule has 0 aliphatic carbocycles. The van der Waals surface area contributed by atoms with E-state index in [2.05, 4.69) is 0 Å². The van der Waals surface area contributed by atoms with Gasteiger partial charge in [0, 0.05) is 5.02 Å². The summed E-state index contributed by atoms with van der Waals surface area (Å²) in [6.07, 6.45) is 0. The Balaban J connectivity index is 3.70. The summed E-state index contributed by atoms with van der Waals surface area (Å²) >= 11 is 5.83. The molecule has 6 heteroatoms. The van der Waals surface area contributed by atoms with Crippen LogP contribution >= 0.6 is 11.6 Å². The first-order chi connectivity index (χ1) is 6.25. The van der Waals surface area contributed by atoms with Gasteiger partial charge >= 0.3 is 0 Å². The highest BCUT2D eigenvalue weighted by Crippen LogP contribution is 2.31. The zero-order valence-electron chi connectivity index (χ0n) is 7.70. The fourth-order valence-corrected chi connectivity index (χ4v) is 2.37. The van der Waals surface area contributed by atoms with Crippen LogP contribution in [0.25, 0.3) is 0 Å². The molecule has 0 fully saturated rings. The van der Waals surface area contributed by atoms with Gasteiger partial charge in [0.2, 0.25) is 0 Å². The molecule has 1 aromatic rings. The SMILES string of the molecule is Cc1cc(N)c(S(=O)(=O)O)c(C)c1Cl. The van der Waals surface area contributed by atoms with E-state index >= 15 is 0 Å². The van der Waals surface area contributed by atoms with Crippen molar-refractivity contribution in [2.45, 2.75) is 18.7 Å². The Bertz CT molecular complexity index is 482. The van der Waals surface area contributed by atoms with Gasteiger partial charge in [0.05, 0.1) is 5.69 Å². The minimum atomic E-state index is -4.31. The van der Waals surface area contributed by atoms with Gasteiger partial charge in [-0.25, -0.2) is 0 Å². The molecule has 0 atom stereocenters. The Labute approximate surface area is 87.4 Å². The van der Waals surface area contributed by atoms with Crippen molar-refractivity contribution in [1.82, 2.24) is 0 Å². The van der Waals surface area contributed by atoms with Crippen molar-refractivity contribution in [2.75, 3.05) is 5.73 Å². The molecule has 1 aromatic carbocycles. The molecule has 1 rings (SSSR count). The average Bonchev–Trinajstić information content (AvgIpc) is 1.97. The van der Waals surface area contributed by atoms with Crippen LogP contribution in [0.15, 0.2) is 11.0 Å². The third-order valence-electron chi connectivity index (χ3n) is 1.91. The summed E-state index contributed by atoms with van der Waals surface area (Å²) in [6, 6.07) is 1.42. The van der Waals surface area contributed by atoms with E-state index in [1.165, 1.54) is 13.0 Å². The van der Waals surface area contributed by atoms with Crippen LogP contribution < -0.4 is 5.73 Å². The number of nitrogens with two attached hydrogens (primary N) is 1. The molecule has 0 spiro atoms. The summed E-state index contributed by atoms with van der Waals surface area (Å²) in [7, 11) is -4.31. The average molecular weight is 236 g/mol. The molecule has 0 saturated heterocycles. The molecular formula is C8H10ClNO3S. The zero-order chi connectivity index (χ0) is 11.1. The van der Waals surface area contributed by atoms with E-state index in [0.717, 1.165) is 0 Å². The molecular weight excluding hydrogens is 226 g/mol. The second kappa shape index (κ2) is 3.42. The van der Waals surface area contributed by atoms with Gasteiger partial charge in [0.1, 0.15) is 4.90 Å². The fraction of sp³-hybridized carbons (Fsp3) is 0.250. The molecule has 14 heavy (non-hydrogen) atoms. The van der Waals surface area contributed by atoms with E-state index in [0.29, 0.717) is 10.6 Å². The lowest BCUT2D eigenvalue weighted by Gasteiger charge is -2.10. The van der Waals surface area contributed by atoms with Crippen LogP contribution in [0.5, 0.6) is 0 Å². The van der Waals surface area contributed by atoms with Gasteiger partial charge in [-0.15, -0.1) is 0 Å². The Morgan fingerprint density at radius 1 is 1.43 bits per heavy atom. The first-order valence-corrected chi connectivity index (χ1v) is 5.59. The van der Waals surface area contributed by atoms with Crippen molar-refractivity contribution in [3.63, 3.8) is 0 Å². The van der Waals surface area contributed by atoms with Crippen LogP contribution in [0.3, 0.4) is 0 Å². The van der Waals surface area contributed by atoms with Crippen LogP contribution in [0.2, 0.25) is 5.02 Å². The van der Waals surface area contributed by atoms with Gasteiger partial charge < -0.3 is 5.73 Å². The maximum Gasteiger partial charge on any atom is 0.296 e. The summed E-state index contributed by atoms with van der Waals surface area (Å²) in [4.78, 5) is -0.312. The summed E-state index contributed by atoms with van der Waals surface area (Å²) in [5.74, 6) is 0. The lowest BCUT2D eigenvalue weighted by atomic mass is 10.1. The van der Waals surface area contributed by atoms with E-state index in [4.69, 9.17) is 21.9 Å². The van der Waals surface area contributed by atoms with Crippen LogP contribution in [0.1, 0.15) is 11.1 Å². The highest BCUT2D eigenvalue weighted by molar-refractivity contribution is 7.86. The molecule has 0 aliphatic heterocycles. The minimum Gasteiger partial charge on any atom is -0.398 e. The number of anilines is 1. The van der Waals surface area contributed by atoms with Gasteiger partial charge in [0.15, 0.2) is 0 Å². The lowest BCUT2D eigenvalue weighted by Crippen LogP contribution is -2.06. The van der Waals surface area contributed by atoms with E-state index in [1.54, 1.807) is 6.92 Å². The normalized spacial score (nSPS) is 11.7. The zero-order valence-corrected chi connectivity index (χ0v) is 9.28. The third-order valence-corrected chi connectivity index (χ3v) is 3.55. The highest BCUT2D eigenvalue weighted by Gasteiger charge is 2.20. The number of halogens is 1. The number of benzene rings is 1. The highest BCUT2D eigenvalue weighted by atomic mass is 35.5. The molecule has 0 aromatic heterocycles. The standard InChI is InChI=1S/C8H10ClNO3S/c1-4-3-6(10)8(14(11,12)13)5(2)7(4)9/h3H,10H2,1-2H3,(H,11,12,13). The fourth-order valence-electron chi connectivity index (χ4n) is 1.32. The topological polar surface area (TPSA) is 80.4 Å². The van der Waals surface area contributed by atoms with Gasteiger partial charge in [-0.2, -0.15) is 8.42 Å². The molecule has 0 heterocycles. The predicted molar refractivity (Wildman–Crippen MR) is 55.2 cm³/mol. The van der Waals surface area contributed by atoms with E-state index in [-0.39, 0.29) is 16.1 Å². The summed E-state index contributed by atoms with van der Waals surface area (Å²) in [5.41, 5.74) is 6.43. The van der Waals surface area contributed by atoms with Gasteiger partial charge in [0.25, 0.3) is 10.1 Å². The van der Waals surface area contributed by atoms with Crippen molar-refractivity contribution in [1.29, 1.82) is 0 Å². The molecule has 0 aliphatic rings. The van der Waals surface area contributed by atoms with Gasteiger partial charge in [-0.1, -0.05) is 11.6 Å².